The summed E-state index contributed by atoms with van der Waals surface area (Å²) in [5.41, 5.74) is 0. The van der Waals surface area contributed by atoms with Crippen LogP contribution >= 0.6 is 0 Å². The number of amides is 1. The third-order valence-electron chi connectivity index (χ3n) is 4.53. The maximum absolute atomic E-state index is 12.8. The van der Waals surface area contributed by atoms with Crippen LogP contribution in [-0.4, -0.2) is 44.8 Å². The third-order valence-corrected chi connectivity index (χ3v) is 4.53. The summed E-state index contributed by atoms with van der Waals surface area (Å²) in [6.07, 6.45) is 1.03. The third kappa shape index (κ3) is 2.50. The van der Waals surface area contributed by atoms with Crippen LogP contribution in [0, 0.1) is 0 Å². The molecule has 0 spiro atoms. The fourth-order valence-corrected chi connectivity index (χ4v) is 3.23. The fourth-order valence-electron chi connectivity index (χ4n) is 3.23. The Labute approximate surface area is 140 Å². The number of carbonyl (C=O) groups excluding carboxylic acids is 1. The lowest BCUT2D eigenvalue weighted by Gasteiger charge is -2.33. The van der Waals surface area contributed by atoms with Crippen LogP contribution in [-0.2, 0) is 24.3 Å². The first-order valence-corrected chi connectivity index (χ1v) is 8.22. The number of para-hydroxylation sites is 2. The fraction of sp³-hybridized carbons (Fsp3) is 0.471. The number of likely N-dealkylation sites (N-methyl/N-ethyl adjacent to an activating group) is 1. The Hall–Kier alpha value is -2.57. The predicted octanol–water partition coefficient (Wildman–Crippen LogP) is 1.41. The molecular formula is C17H20N4O3. The smallest absolute Gasteiger partial charge is 0.267 e. The number of aromatic nitrogens is 3. The molecule has 126 valence electrons. The Bertz CT molecular complexity index is 773. The lowest BCUT2D eigenvalue weighted by atomic mass is 10.1. The van der Waals surface area contributed by atoms with Crippen LogP contribution in [0.1, 0.15) is 25.0 Å². The number of ether oxygens (including phenoxy) is 2. The van der Waals surface area contributed by atoms with Gasteiger partial charge in [-0.05, 0) is 25.5 Å². The van der Waals surface area contributed by atoms with E-state index in [9.17, 15) is 4.79 Å². The first-order chi connectivity index (χ1) is 11.6. The van der Waals surface area contributed by atoms with E-state index in [0.717, 1.165) is 31.0 Å². The summed E-state index contributed by atoms with van der Waals surface area (Å²) >= 11 is 0. The highest BCUT2D eigenvalue weighted by atomic mass is 16.6. The molecule has 1 aromatic carbocycles. The second-order valence-electron chi connectivity index (χ2n) is 6.29. The molecule has 0 fully saturated rings. The van der Waals surface area contributed by atoms with E-state index in [1.54, 1.807) is 11.9 Å². The lowest BCUT2D eigenvalue weighted by molar-refractivity contribution is -0.143. The van der Waals surface area contributed by atoms with Crippen LogP contribution in [0.15, 0.2) is 24.3 Å². The summed E-state index contributed by atoms with van der Waals surface area (Å²) in [5, 5.41) is 8.39. The molecule has 0 bridgehead atoms. The van der Waals surface area contributed by atoms with Crippen molar-refractivity contribution in [2.75, 3.05) is 7.05 Å². The maximum atomic E-state index is 12.8. The monoisotopic (exact) mass is 328 g/mol. The maximum Gasteiger partial charge on any atom is 0.267 e. The zero-order valence-electron chi connectivity index (χ0n) is 13.8. The SMILES string of the molecule is C[C@@H]1Oc2ccccc2O[C@@H]1C(=O)N(C)Cc1nnc2n1CCC2. The number of benzene rings is 1. The summed E-state index contributed by atoms with van der Waals surface area (Å²) < 4.78 is 13.8. The molecule has 1 amide bonds. The minimum absolute atomic E-state index is 0.118. The molecule has 2 aliphatic rings. The number of nitrogens with zero attached hydrogens (tertiary/aromatic N) is 4. The summed E-state index contributed by atoms with van der Waals surface area (Å²) in [5.74, 6) is 2.98. The highest BCUT2D eigenvalue weighted by Gasteiger charge is 2.36. The average molecular weight is 328 g/mol. The van der Waals surface area contributed by atoms with Crippen molar-refractivity contribution in [3.05, 3.63) is 35.9 Å². The number of aryl methyl sites for hydroxylation is 1. The van der Waals surface area contributed by atoms with Crippen molar-refractivity contribution in [1.29, 1.82) is 0 Å². The van der Waals surface area contributed by atoms with Gasteiger partial charge in [0.1, 0.15) is 11.9 Å². The van der Waals surface area contributed by atoms with Gasteiger partial charge < -0.3 is 18.9 Å². The Morgan fingerprint density at radius 2 is 2.04 bits per heavy atom. The first kappa shape index (κ1) is 15.0. The van der Waals surface area contributed by atoms with Crippen molar-refractivity contribution in [2.24, 2.45) is 0 Å². The standard InChI is InChI=1S/C17H20N4O3/c1-11-16(24-13-7-4-3-6-12(13)23-11)17(22)20(2)10-15-19-18-14-8-5-9-21(14)15/h3-4,6-7,11,16H,5,8-10H2,1-2H3/t11-,16-/m0/s1. The second kappa shape index (κ2) is 5.81. The van der Waals surface area contributed by atoms with Crippen molar-refractivity contribution in [1.82, 2.24) is 19.7 Å². The van der Waals surface area contributed by atoms with E-state index in [4.69, 9.17) is 9.47 Å². The molecular weight excluding hydrogens is 308 g/mol. The van der Waals surface area contributed by atoms with Crippen LogP contribution in [0.4, 0.5) is 0 Å². The number of rotatable bonds is 3. The van der Waals surface area contributed by atoms with Gasteiger partial charge in [-0.25, -0.2) is 0 Å². The normalized spacial score (nSPS) is 21.4. The molecule has 0 aliphatic carbocycles. The van der Waals surface area contributed by atoms with E-state index >= 15 is 0 Å². The molecule has 3 heterocycles. The van der Waals surface area contributed by atoms with E-state index < -0.39 is 6.10 Å². The van der Waals surface area contributed by atoms with Crippen molar-refractivity contribution in [3.63, 3.8) is 0 Å². The summed E-state index contributed by atoms with van der Waals surface area (Å²) in [6, 6.07) is 7.40. The quantitative estimate of drug-likeness (QED) is 0.852. The molecule has 2 aliphatic heterocycles. The molecule has 0 unspecified atom stereocenters. The Morgan fingerprint density at radius 1 is 1.29 bits per heavy atom. The van der Waals surface area contributed by atoms with Gasteiger partial charge in [0, 0.05) is 20.0 Å². The Morgan fingerprint density at radius 3 is 2.83 bits per heavy atom. The van der Waals surface area contributed by atoms with E-state index in [1.165, 1.54) is 0 Å². The van der Waals surface area contributed by atoms with Gasteiger partial charge in [-0.3, -0.25) is 4.79 Å². The summed E-state index contributed by atoms with van der Waals surface area (Å²) in [4.78, 5) is 14.4. The van der Waals surface area contributed by atoms with E-state index in [2.05, 4.69) is 14.8 Å². The molecule has 0 radical (unpaired) electrons. The molecule has 24 heavy (non-hydrogen) atoms. The minimum Gasteiger partial charge on any atom is -0.482 e. The largest absolute Gasteiger partial charge is 0.482 e. The van der Waals surface area contributed by atoms with Gasteiger partial charge >= 0.3 is 0 Å². The van der Waals surface area contributed by atoms with Crippen LogP contribution in [0.2, 0.25) is 0 Å². The van der Waals surface area contributed by atoms with Crippen molar-refractivity contribution in [2.45, 2.75) is 45.1 Å². The zero-order valence-corrected chi connectivity index (χ0v) is 13.8. The van der Waals surface area contributed by atoms with E-state index in [0.29, 0.717) is 18.0 Å². The first-order valence-electron chi connectivity index (χ1n) is 8.22. The van der Waals surface area contributed by atoms with E-state index in [1.807, 2.05) is 31.2 Å². The molecule has 4 rings (SSSR count). The van der Waals surface area contributed by atoms with Crippen molar-refractivity contribution in [3.8, 4) is 11.5 Å². The van der Waals surface area contributed by atoms with Gasteiger partial charge in [-0.1, -0.05) is 12.1 Å². The molecule has 2 aromatic rings. The Kier molecular flexibility index (Phi) is 3.63. The number of carbonyl (C=O) groups is 1. The van der Waals surface area contributed by atoms with Crippen LogP contribution < -0.4 is 9.47 Å². The molecule has 1 aromatic heterocycles. The van der Waals surface area contributed by atoms with Crippen molar-refractivity contribution >= 4 is 5.91 Å². The van der Waals surface area contributed by atoms with Crippen molar-refractivity contribution < 1.29 is 14.3 Å². The molecule has 7 heteroatoms. The van der Waals surface area contributed by atoms with Gasteiger partial charge in [0.15, 0.2) is 17.3 Å². The van der Waals surface area contributed by atoms with Gasteiger partial charge in [-0.15, -0.1) is 10.2 Å². The predicted molar refractivity (Wildman–Crippen MR) is 85.8 cm³/mol. The van der Waals surface area contributed by atoms with Crippen LogP contribution in [0.3, 0.4) is 0 Å². The van der Waals surface area contributed by atoms with E-state index in [-0.39, 0.29) is 12.0 Å². The number of fused-ring (bicyclic) bond motifs is 2. The molecule has 2 atom stereocenters. The highest BCUT2D eigenvalue weighted by Crippen LogP contribution is 2.33. The number of hydrogen-bond acceptors (Lipinski definition) is 5. The average Bonchev–Trinajstić information content (AvgIpc) is 3.18. The Balaban J connectivity index is 1.49. The lowest BCUT2D eigenvalue weighted by Crippen LogP contribution is -2.49. The zero-order chi connectivity index (χ0) is 16.7. The van der Waals surface area contributed by atoms with Gasteiger partial charge in [-0.2, -0.15) is 0 Å². The summed E-state index contributed by atoms with van der Waals surface area (Å²) in [6.45, 7) is 3.19. The van der Waals surface area contributed by atoms with Gasteiger partial charge in [0.2, 0.25) is 6.10 Å². The topological polar surface area (TPSA) is 69.5 Å². The molecule has 0 N–H and O–H groups in total. The molecule has 0 saturated carbocycles. The van der Waals surface area contributed by atoms with Crippen LogP contribution in [0.5, 0.6) is 11.5 Å². The summed E-state index contributed by atoms with van der Waals surface area (Å²) in [7, 11) is 1.76. The van der Waals surface area contributed by atoms with Crippen LogP contribution in [0.25, 0.3) is 0 Å². The second-order valence-corrected chi connectivity index (χ2v) is 6.29. The molecule has 7 nitrogen and oxygen atoms in total. The van der Waals surface area contributed by atoms with Gasteiger partial charge in [0.25, 0.3) is 5.91 Å². The van der Waals surface area contributed by atoms with Gasteiger partial charge in [0.05, 0.1) is 6.54 Å². The highest BCUT2D eigenvalue weighted by molar-refractivity contribution is 5.82. The molecule has 0 saturated heterocycles. The number of hydrogen-bond donors (Lipinski definition) is 0. The minimum atomic E-state index is -0.661.